The Morgan fingerprint density at radius 1 is 1.47 bits per heavy atom. The number of aromatic nitrogens is 2. The molecule has 82 valence electrons. The third kappa shape index (κ3) is 1.96. The van der Waals surface area contributed by atoms with Crippen LogP contribution in [0.5, 0.6) is 0 Å². The van der Waals surface area contributed by atoms with Crippen LogP contribution in [0.1, 0.15) is 30.8 Å². The van der Waals surface area contributed by atoms with Crippen molar-refractivity contribution < 1.29 is 4.74 Å². The van der Waals surface area contributed by atoms with Crippen molar-refractivity contribution in [2.24, 2.45) is 0 Å². The maximum atomic E-state index is 5.91. The highest BCUT2D eigenvalue weighted by atomic mass is 35.5. The number of ether oxygens (including phenoxy) is 1. The maximum absolute atomic E-state index is 5.91. The number of alkyl halides is 1. The smallest absolute Gasteiger partial charge is 0.162 e. The summed E-state index contributed by atoms with van der Waals surface area (Å²) >= 11 is 11.6. The minimum absolute atomic E-state index is 0.328. The van der Waals surface area contributed by atoms with E-state index in [-0.39, 0.29) is 5.60 Å². The SMILES string of the molecule is COC1(c2nc(Cl)cc(CCl)n2)CCC1. The fourth-order valence-electron chi connectivity index (χ4n) is 1.75. The number of halogens is 2. The van der Waals surface area contributed by atoms with E-state index >= 15 is 0 Å². The van der Waals surface area contributed by atoms with Gasteiger partial charge in [0.1, 0.15) is 10.8 Å². The first-order valence-electron chi connectivity index (χ1n) is 4.85. The maximum Gasteiger partial charge on any atom is 0.162 e. The third-order valence-electron chi connectivity index (χ3n) is 2.84. The van der Waals surface area contributed by atoms with E-state index in [4.69, 9.17) is 27.9 Å². The minimum atomic E-state index is -0.328. The van der Waals surface area contributed by atoms with E-state index in [1.807, 2.05) is 0 Å². The number of hydrogen-bond acceptors (Lipinski definition) is 3. The van der Waals surface area contributed by atoms with Crippen LogP contribution in [0.15, 0.2) is 6.07 Å². The first kappa shape index (κ1) is 11.1. The van der Waals surface area contributed by atoms with Crippen molar-refractivity contribution in [2.45, 2.75) is 30.7 Å². The number of rotatable bonds is 3. The zero-order valence-corrected chi connectivity index (χ0v) is 9.98. The Morgan fingerprint density at radius 2 is 2.20 bits per heavy atom. The van der Waals surface area contributed by atoms with Gasteiger partial charge in [0.15, 0.2) is 5.82 Å². The van der Waals surface area contributed by atoms with Crippen molar-refractivity contribution >= 4 is 23.2 Å². The van der Waals surface area contributed by atoms with Crippen molar-refractivity contribution in [3.8, 4) is 0 Å². The number of nitrogens with zero attached hydrogens (tertiary/aromatic N) is 2. The minimum Gasteiger partial charge on any atom is -0.370 e. The van der Waals surface area contributed by atoms with E-state index in [0.717, 1.165) is 25.0 Å². The first-order chi connectivity index (χ1) is 7.20. The Labute approximate surface area is 98.8 Å². The lowest BCUT2D eigenvalue weighted by Gasteiger charge is -2.38. The Balaban J connectivity index is 2.38. The van der Waals surface area contributed by atoms with E-state index < -0.39 is 0 Å². The number of methoxy groups -OCH3 is 1. The normalized spacial score (nSPS) is 18.6. The molecule has 1 fully saturated rings. The molecule has 0 unspecified atom stereocenters. The molecule has 0 bridgehead atoms. The average Bonchev–Trinajstić information content (AvgIpc) is 2.16. The van der Waals surface area contributed by atoms with Crippen molar-refractivity contribution in [3.63, 3.8) is 0 Å². The molecule has 1 aromatic rings. The van der Waals surface area contributed by atoms with E-state index in [1.165, 1.54) is 0 Å². The lowest BCUT2D eigenvalue weighted by molar-refractivity contribution is -0.0847. The molecule has 0 saturated heterocycles. The van der Waals surface area contributed by atoms with Crippen molar-refractivity contribution in [2.75, 3.05) is 7.11 Å². The standard InChI is InChI=1S/C10H12Cl2N2O/c1-15-10(3-2-4-10)9-13-7(6-11)5-8(12)14-9/h5H,2-4,6H2,1H3. The van der Waals surface area contributed by atoms with Gasteiger partial charge in [0, 0.05) is 7.11 Å². The van der Waals surface area contributed by atoms with Crippen LogP contribution in [-0.2, 0) is 16.2 Å². The molecule has 5 heteroatoms. The van der Waals surface area contributed by atoms with Crippen molar-refractivity contribution in [1.82, 2.24) is 9.97 Å². The van der Waals surface area contributed by atoms with Gasteiger partial charge in [0.2, 0.25) is 0 Å². The fraction of sp³-hybridized carbons (Fsp3) is 0.600. The molecule has 0 aliphatic heterocycles. The molecule has 0 amide bonds. The van der Waals surface area contributed by atoms with Crippen LogP contribution in [0.4, 0.5) is 0 Å². The van der Waals surface area contributed by atoms with Crippen LogP contribution in [0, 0.1) is 0 Å². The van der Waals surface area contributed by atoms with Crippen LogP contribution in [-0.4, -0.2) is 17.1 Å². The lowest BCUT2D eigenvalue weighted by atomic mass is 9.79. The summed E-state index contributed by atoms with van der Waals surface area (Å²) in [7, 11) is 1.68. The number of hydrogen-bond donors (Lipinski definition) is 0. The first-order valence-corrected chi connectivity index (χ1v) is 5.76. The molecule has 1 aliphatic carbocycles. The molecule has 2 rings (SSSR count). The summed E-state index contributed by atoms with van der Waals surface area (Å²) in [4.78, 5) is 8.58. The highest BCUT2D eigenvalue weighted by molar-refractivity contribution is 6.29. The van der Waals surface area contributed by atoms with E-state index in [2.05, 4.69) is 9.97 Å². The zero-order chi connectivity index (χ0) is 10.9. The Hall–Kier alpha value is -0.380. The van der Waals surface area contributed by atoms with Crippen LogP contribution in [0.25, 0.3) is 0 Å². The second-order valence-electron chi connectivity index (χ2n) is 3.69. The molecule has 1 saturated carbocycles. The quantitative estimate of drug-likeness (QED) is 0.608. The predicted octanol–water partition coefficient (Wildman–Crippen LogP) is 2.89. The summed E-state index contributed by atoms with van der Waals surface area (Å²) < 4.78 is 5.49. The van der Waals surface area contributed by atoms with Gasteiger partial charge in [-0.15, -0.1) is 11.6 Å². The Bertz CT molecular complexity index is 361. The molecule has 0 N–H and O–H groups in total. The summed E-state index contributed by atoms with van der Waals surface area (Å²) in [6.45, 7) is 0. The highest BCUT2D eigenvalue weighted by Gasteiger charge is 2.42. The van der Waals surface area contributed by atoms with Gasteiger partial charge in [-0.2, -0.15) is 0 Å². The highest BCUT2D eigenvalue weighted by Crippen LogP contribution is 2.42. The fourth-order valence-corrected chi connectivity index (χ4v) is 2.10. The molecule has 15 heavy (non-hydrogen) atoms. The summed E-state index contributed by atoms with van der Waals surface area (Å²) in [5, 5.41) is 0.430. The molecule has 3 nitrogen and oxygen atoms in total. The molecule has 1 aliphatic rings. The van der Waals surface area contributed by atoms with Gasteiger partial charge in [0.05, 0.1) is 11.6 Å². The zero-order valence-electron chi connectivity index (χ0n) is 8.46. The van der Waals surface area contributed by atoms with Crippen molar-refractivity contribution in [3.05, 3.63) is 22.7 Å². The van der Waals surface area contributed by atoms with Gasteiger partial charge in [-0.05, 0) is 25.3 Å². The summed E-state index contributed by atoms with van der Waals surface area (Å²) in [5.41, 5.74) is 0.418. The molecular formula is C10H12Cl2N2O. The van der Waals surface area contributed by atoms with Crippen LogP contribution < -0.4 is 0 Å². The van der Waals surface area contributed by atoms with Gasteiger partial charge in [-0.1, -0.05) is 11.6 Å². The van der Waals surface area contributed by atoms with Gasteiger partial charge in [-0.3, -0.25) is 0 Å². The second-order valence-corrected chi connectivity index (χ2v) is 4.35. The molecular weight excluding hydrogens is 235 g/mol. The van der Waals surface area contributed by atoms with Crippen LogP contribution in [0.3, 0.4) is 0 Å². The monoisotopic (exact) mass is 246 g/mol. The summed E-state index contributed by atoms with van der Waals surface area (Å²) in [6.07, 6.45) is 3.04. The largest absolute Gasteiger partial charge is 0.370 e. The Kier molecular flexibility index (Phi) is 3.14. The second kappa shape index (κ2) is 4.24. The molecule has 0 atom stereocenters. The average molecular weight is 247 g/mol. The Morgan fingerprint density at radius 3 is 2.67 bits per heavy atom. The van der Waals surface area contributed by atoms with Crippen molar-refractivity contribution in [1.29, 1.82) is 0 Å². The topological polar surface area (TPSA) is 35.0 Å². The molecule has 1 heterocycles. The van der Waals surface area contributed by atoms with Crippen LogP contribution >= 0.6 is 23.2 Å². The van der Waals surface area contributed by atoms with Gasteiger partial charge in [-0.25, -0.2) is 9.97 Å². The van der Waals surface area contributed by atoms with E-state index in [1.54, 1.807) is 13.2 Å². The molecule has 1 aromatic heterocycles. The van der Waals surface area contributed by atoms with Crippen LogP contribution in [0.2, 0.25) is 5.15 Å². The van der Waals surface area contributed by atoms with Gasteiger partial charge < -0.3 is 4.74 Å². The summed E-state index contributed by atoms with van der Waals surface area (Å²) in [6, 6.07) is 1.68. The van der Waals surface area contributed by atoms with Gasteiger partial charge in [0.25, 0.3) is 0 Å². The third-order valence-corrected chi connectivity index (χ3v) is 3.31. The van der Waals surface area contributed by atoms with Gasteiger partial charge >= 0.3 is 0 Å². The molecule has 0 radical (unpaired) electrons. The lowest BCUT2D eigenvalue weighted by Crippen LogP contribution is -2.38. The van der Waals surface area contributed by atoms with E-state index in [0.29, 0.717) is 16.9 Å². The molecule has 0 spiro atoms. The van der Waals surface area contributed by atoms with E-state index in [9.17, 15) is 0 Å². The molecule has 0 aromatic carbocycles. The predicted molar refractivity (Wildman–Crippen MR) is 59.1 cm³/mol. The summed E-state index contributed by atoms with van der Waals surface area (Å²) in [5.74, 6) is 1.01.